The number of nitrogens with zero attached hydrogens (tertiary/aromatic N) is 2. The molecular formula is C11H9ClFN3. The number of aromatic nitrogens is 2. The number of hydrogen-bond donors (Lipinski definition) is 1. The van der Waals surface area contributed by atoms with Gasteiger partial charge in [0.05, 0.1) is 11.6 Å². The zero-order chi connectivity index (χ0) is 11.4. The molecule has 1 heterocycles. The van der Waals surface area contributed by atoms with Crippen LogP contribution >= 0.6 is 11.6 Å². The molecule has 0 spiro atoms. The fraction of sp³-hybridized carbons (Fsp3) is 0.0909. The lowest BCUT2D eigenvalue weighted by Crippen LogP contribution is -2.03. The minimum Gasteiger partial charge on any atom is -0.378 e. The third-order valence-electron chi connectivity index (χ3n) is 1.99. The van der Waals surface area contributed by atoms with Crippen molar-refractivity contribution in [1.29, 1.82) is 0 Å². The van der Waals surface area contributed by atoms with E-state index in [2.05, 4.69) is 15.3 Å². The Bertz CT molecular complexity index is 476. The molecule has 0 amide bonds. The van der Waals surface area contributed by atoms with Gasteiger partial charge in [-0.1, -0.05) is 11.6 Å². The van der Waals surface area contributed by atoms with Crippen LogP contribution in [-0.2, 0) is 6.54 Å². The largest absolute Gasteiger partial charge is 0.378 e. The van der Waals surface area contributed by atoms with Crippen molar-refractivity contribution in [2.24, 2.45) is 0 Å². The van der Waals surface area contributed by atoms with Crippen LogP contribution in [0.2, 0.25) is 5.02 Å². The Labute approximate surface area is 97.3 Å². The second kappa shape index (κ2) is 4.90. The normalized spacial score (nSPS) is 10.1. The number of anilines is 1. The van der Waals surface area contributed by atoms with E-state index in [1.165, 1.54) is 12.1 Å². The molecule has 0 saturated heterocycles. The summed E-state index contributed by atoms with van der Waals surface area (Å²) in [4.78, 5) is 8.08. The van der Waals surface area contributed by atoms with E-state index in [1.807, 2.05) is 0 Å². The van der Waals surface area contributed by atoms with Gasteiger partial charge in [-0.05, 0) is 24.3 Å². The molecule has 5 heteroatoms. The van der Waals surface area contributed by atoms with Crippen molar-refractivity contribution in [3.63, 3.8) is 0 Å². The third kappa shape index (κ3) is 2.67. The molecule has 0 aliphatic rings. The first-order valence-electron chi connectivity index (χ1n) is 4.70. The smallest absolute Gasteiger partial charge is 0.147 e. The van der Waals surface area contributed by atoms with Crippen LogP contribution in [0, 0.1) is 5.82 Å². The molecule has 0 radical (unpaired) electrons. The second-order valence-electron chi connectivity index (χ2n) is 3.15. The van der Waals surface area contributed by atoms with Crippen LogP contribution in [0.5, 0.6) is 0 Å². The highest BCUT2D eigenvalue weighted by atomic mass is 35.5. The fourth-order valence-corrected chi connectivity index (χ4v) is 1.33. The van der Waals surface area contributed by atoms with Crippen LogP contribution < -0.4 is 5.32 Å². The van der Waals surface area contributed by atoms with Gasteiger partial charge in [0.2, 0.25) is 0 Å². The van der Waals surface area contributed by atoms with Gasteiger partial charge in [-0.15, -0.1) is 0 Å². The van der Waals surface area contributed by atoms with Crippen LogP contribution in [0.25, 0.3) is 0 Å². The minimum atomic E-state index is -0.444. The van der Waals surface area contributed by atoms with Gasteiger partial charge < -0.3 is 5.32 Å². The molecule has 1 aromatic carbocycles. The van der Waals surface area contributed by atoms with E-state index in [-0.39, 0.29) is 5.02 Å². The monoisotopic (exact) mass is 237 g/mol. The molecule has 1 N–H and O–H groups in total. The zero-order valence-corrected chi connectivity index (χ0v) is 9.08. The molecule has 0 saturated carbocycles. The Morgan fingerprint density at radius 3 is 2.69 bits per heavy atom. The molecule has 0 aliphatic heterocycles. The van der Waals surface area contributed by atoms with Crippen molar-refractivity contribution in [2.45, 2.75) is 6.54 Å². The van der Waals surface area contributed by atoms with E-state index in [9.17, 15) is 4.39 Å². The highest BCUT2D eigenvalue weighted by molar-refractivity contribution is 6.30. The number of rotatable bonds is 3. The van der Waals surface area contributed by atoms with E-state index in [4.69, 9.17) is 11.6 Å². The van der Waals surface area contributed by atoms with Crippen LogP contribution in [0.4, 0.5) is 10.1 Å². The molecule has 0 aliphatic carbocycles. The van der Waals surface area contributed by atoms with Crippen molar-refractivity contribution in [3.8, 4) is 0 Å². The summed E-state index contributed by atoms with van der Waals surface area (Å²) in [5.74, 6) is 0.207. The minimum absolute atomic E-state index is 0.113. The zero-order valence-electron chi connectivity index (χ0n) is 8.32. The predicted octanol–water partition coefficient (Wildman–Crippen LogP) is 2.88. The maximum absolute atomic E-state index is 13.1. The van der Waals surface area contributed by atoms with Crippen molar-refractivity contribution in [2.75, 3.05) is 5.32 Å². The fourth-order valence-electron chi connectivity index (χ4n) is 1.21. The maximum Gasteiger partial charge on any atom is 0.147 e. The van der Waals surface area contributed by atoms with Crippen LogP contribution in [0.15, 0.2) is 36.7 Å². The topological polar surface area (TPSA) is 37.8 Å². The van der Waals surface area contributed by atoms with Gasteiger partial charge in [-0.3, -0.25) is 0 Å². The van der Waals surface area contributed by atoms with Gasteiger partial charge in [-0.2, -0.15) is 0 Å². The van der Waals surface area contributed by atoms with E-state index < -0.39 is 5.82 Å². The SMILES string of the molecule is Fc1cc(NCc2ncccn2)ccc1Cl. The Morgan fingerprint density at radius 1 is 1.25 bits per heavy atom. The Hall–Kier alpha value is -1.68. The van der Waals surface area contributed by atoms with Crippen molar-refractivity contribution >= 4 is 17.3 Å². The molecule has 16 heavy (non-hydrogen) atoms. The predicted molar refractivity (Wildman–Crippen MR) is 60.8 cm³/mol. The van der Waals surface area contributed by atoms with Crippen LogP contribution in [0.1, 0.15) is 5.82 Å². The van der Waals surface area contributed by atoms with Gasteiger partial charge in [0.15, 0.2) is 0 Å². The number of benzene rings is 1. The first-order chi connectivity index (χ1) is 7.75. The molecule has 82 valence electrons. The summed E-state index contributed by atoms with van der Waals surface area (Å²) < 4.78 is 13.1. The average Bonchev–Trinajstić information content (AvgIpc) is 2.32. The molecule has 1 aromatic heterocycles. The number of halogens is 2. The average molecular weight is 238 g/mol. The molecular weight excluding hydrogens is 229 g/mol. The first-order valence-corrected chi connectivity index (χ1v) is 5.08. The van der Waals surface area contributed by atoms with Gasteiger partial charge in [-0.25, -0.2) is 14.4 Å². The summed E-state index contributed by atoms with van der Waals surface area (Å²) in [6.07, 6.45) is 3.32. The van der Waals surface area contributed by atoms with E-state index in [1.54, 1.807) is 24.5 Å². The molecule has 0 unspecified atom stereocenters. The highest BCUT2D eigenvalue weighted by Gasteiger charge is 2.01. The highest BCUT2D eigenvalue weighted by Crippen LogP contribution is 2.18. The molecule has 0 atom stereocenters. The van der Waals surface area contributed by atoms with E-state index >= 15 is 0 Å². The quantitative estimate of drug-likeness (QED) is 0.892. The summed E-state index contributed by atoms with van der Waals surface area (Å²) in [6.45, 7) is 0.446. The third-order valence-corrected chi connectivity index (χ3v) is 2.30. The van der Waals surface area contributed by atoms with E-state index in [0.717, 1.165) is 0 Å². The molecule has 0 fully saturated rings. The van der Waals surface area contributed by atoms with Crippen molar-refractivity contribution in [1.82, 2.24) is 9.97 Å². The number of hydrogen-bond acceptors (Lipinski definition) is 3. The molecule has 0 bridgehead atoms. The standard InChI is InChI=1S/C11H9ClFN3/c12-9-3-2-8(6-10(9)13)16-7-11-14-4-1-5-15-11/h1-6,16H,7H2. The summed E-state index contributed by atoms with van der Waals surface area (Å²) >= 11 is 5.57. The summed E-state index contributed by atoms with van der Waals surface area (Å²) in [5.41, 5.74) is 0.648. The van der Waals surface area contributed by atoms with Gasteiger partial charge in [0.25, 0.3) is 0 Å². The molecule has 2 aromatic rings. The lowest BCUT2D eigenvalue weighted by molar-refractivity contribution is 0.628. The first kappa shape index (κ1) is 10.8. The van der Waals surface area contributed by atoms with Crippen LogP contribution in [-0.4, -0.2) is 9.97 Å². The molecule has 2 rings (SSSR count). The van der Waals surface area contributed by atoms with Crippen molar-refractivity contribution < 1.29 is 4.39 Å². The van der Waals surface area contributed by atoms with E-state index in [0.29, 0.717) is 18.1 Å². The lowest BCUT2D eigenvalue weighted by atomic mass is 10.3. The van der Waals surface area contributed by atoms with Gasteiger partial charge >= 0.3 is 0 Å². The summed E-state index contributed by atoms with van der Waals surface area (Å²) in [6, 6.07) is 6.29. The van der Waals surface area contributed by atoms with Gasteiger partial charge in [0, 0.05) is 18.1 Å². The van der Waals surface area contributed by atoms with Crippen molar-refractivity contribution in [3.05, 3.63) is 53.3 Å². The Balaban J connectivity index is 2.03. The Morgan fingerprint density at radius 2 is 2.00 bits per heavy atom. The summed E-state index contributed by atoms with van der Waals surface area (Å²) in [7, 11) is 0. The van der Waals surface area contributed by atoms with Crippen LogP contribution in [0.3, 0.4) is 0 Å². The van der Waals surface area contributed by atoms with Gasteiger partial charge in [0.1, 0.15) is 11.6 Å². The summed E-state index contributed by atoms with van der Waals surface area (Å²) in [5, 5.41) is 3.12. The maximum atomic E-state index is 13.1. The Kier molecular flexibility index (Phi) is 3.31. The lowest BCUT2D eigenvalue weighted by Gasteiger charge is -2.05. The molecule has 3 nitrogen and oxygen atoms in total. The number of nitrogens with one attached hydrogen (secondary N) is 1. The second-order valence-corrected chi connectivity index (χ2v) is 3.55.